The van der Waals surface area contributed by atoms with E-state index in [9.17, 15) is 4.79 Å². The average Bonchev–Trinajstić information content (AvgIpc) is 3.38. The molecule has 1 amide bonds. The van der Waals surface area contributed by atoms with Gasteiger partial charge in [-0.25, -0.2) is 0 Å². The van der Waals surface area contributed by atoms with Crippen LogP contribution in [-0.4, -0.2) is 36.5 Å². The molecular formula is C19H28N2O. The maximum atomic E-state index is 12.1. The molecule has 3 heteroatoms. The Hall–Kier alpha value is -1.35. The zero-order valence-electron chi connectivity index (χ0n) is 13.7. The SMILES string of the molecule is CCc1ccc(CCN2CCC(C(=O)NC3CC3)CC2)cc1. The Kier molecular flexibility index (Phi) is 5.14. The monoisotopic (exact) mass is 300 g/mol. The molecule has 3 rings (SSSR count). The Morgan fingerprint density at radius 1 is 1.09 bits per heavy atom. The van der Waals surface area contributed by atoms with Gasteiger partial charge in [-0.1, -0.05) is 31.2 Å². The standard InChI is InChI=1S/C19H28N2O/c1-2-15-3-5-16(6-4-15)9-12-21-13-10-17(11-14-21)19(22)20-18-7-8-18/h3-6,17-18H,2,7-14H2,1H3,(H,20,22). The summed E-state index contributed by atoms with van der Waals surface area (Å²) in [6.45, 7) is 5.44. The van der Waals surface area contributed by atoms with Gasteiger partial charge in [0.25, 0.3) is 0 Å². The molecule has 120 valence electrons. The number of nitrogens with one attached hydrogen (secondary N) is 1. The van der Waals surface area contributed by atoms with Crippen LogP contribution < -0.4 is 5.32 Å². The van der Waals surface area contributed by atoms with Crippen LogP contribution in [0, 0.1) is 5.92 Å². The number of amides is 1. The van der Waals surface area contributed by atoms with Crippen LogP contribution in [0.15, 0.2) is 24.3 Å². The summed E-state index contributed by atoms with van der Waals surface area (Å²) in [5.41, 5.74) is 2.83. The lowest BCUT2D eigenvalue weighted by atomic mass is 9.95. The minimum absolute atomic E-state index is 0.251. The van der Waals surface area contributed by atoms with Crippen LogP contribution in [0.25, 0.3) is 0 Å². The van der Waals surface area contributed by atoms with Crippen LogP contribution in [0.2, 0.25) is 0 Å². The molecule has 0 unspecified atom stereocenters. The average molecular weight is 300 g/mol. The van der Waals surface area contributed by atoms with Crippen molar-refractivity contribution < 1.29 is 4.79 Å². The molecule has 1 aliphatic carbocycles. The third kappa shape index (κ3) is 4.33. The number of carbonyl (C=O) groups is 1. The van der Waals surface area contributed by atoms with E-state index < -0.39 is 0 Å². The number of rotatable bonds is 6. The summed E-state index contributed by atoms with van der Waals surface area (Å²) in [5.74, 6) is 0.554. The Balaban J connectivity index is 1.38. The first-order chi connectivity index (χ1) is 10.7. The van der Waals surface area contributed by atoms with Gasteiger partial charge >= 0.3 is 0 Å². The highest BCUT2D eigenvalue weighted by atomic mass is 16.2. The number of aryl methyl sites for hydroxylation is 1. The number of likely N-dealkylation sites (tertiary alicyclic amines) is 1. The number of piperidine rings is 1. The van der Waals surface area contributed by atoms with E-state index in [2.05, 4.69) is 41.4 Å². The molecule has 1 saturated heterocycles. The molecule has 1 saturated carbocycles. The highest BCUT2D eigenvalue weighted by Gasteiger charge is 2.29. The molecule has 3 nitrogen and oxygen atoms in total. The van der Waals surface area contributed by atoms with Gasteiger partial charge in [0.2, 0.25) is 5.91 Å². The van der Waals surface area contributed by atoms with Crippen LogP contribution in [0.3, 0.4) is 0 Å². The molecule has 1 aromatic rings. The van der Waals surface area contributed by atoms with Crippen LogP contribution in [-0.2, 0) is 17.6 Å². The van der Waals surface area contributed by atoms with Gasteiger partial charge < -0.3 is 10.2 Å². The van der Waals surface area contributed by atoms with E-state index in [1.807, 2.05) is 0 Å². The quantitative estimate of drug-likeness (QED) is 0.876. The maximum Gasteiger partial charge on any atom is 0.223 e. The van der Waals surface area contributed by atoms with Crippen LogP contribution in [0.1, 0.15) is 43.7 Å². The molecule has 0 bridgehead atoms. The van der Waals surface area contributed by atoms with Gasteiger partial charge in [-0.05, 0) is 62.7 Å². The second kappa shape index (κ2) is 7.28. The molecule has 2 aliphatic rings. The van der Waals surface area contributed by atoms with E-state index in [4.69, 9.17) is 0 Å². The summed E-state index contributed by atoms with van der Waals surface area (Å²) in [5, 5.41) is 3.15. The molecule has 0 spiro atoms. The van der Waals surface area contributed by atoms with Crippen molar-refractivity contribution in [2.45, 2.75) is 51.5 Å². The minimum Gasteiger partial charge on any atom is -0.353 e. The summed E-state index contributed by atoms with van der Waals surface area (Å²) >= 11 is 0. The first kappa shape index (κ1) is 15.5. The Morgan fingerprint density at radius 2 is 1.73 bits per heavy atom. The van der Waals surface area contributed by atoms with Crippen molar-refractivity contribution in [2.75, 3.05) is 19.6 Å². The number of nitrogens with zero attached hydrogens (tertiary/aromatic N) is 1. The van der Waals surface area contributed by atoms with Crippen molar-refractivity contribution >= 4 is 5.91 Å². The third-order valence-electron chi connectivity index (χ3n) is 5.03. The van der Waals surface area contributed by atoms with Gasteiger partial charge in [0.05, 0.1) is 0 Å². The molecule has 2 fully saturated rings. The fourth-order valence-electron chi connectivity index (χ4n) is 3.19. The minimum atomic E-state index is 0.251. The predicted octanol–water partition coefficient (Wildman–Crippen LogP) is 2.78. The van der Waals surface area contributed by atoms with Gasteiger partial charge in [0, 0.05) is 18.5 Å². The van der Waals surface area contributed by atoms with Crippen molar-refractivity contribution in [1.29, 1.82) is 0 Å². The molecule has 0 aromatic heterocycles. The van der Waals surface area contributed by atoms with Gasteiger partial charge in [0.1, 0.15) is 0 Å². The van der Waals surface area contributed by atoms with Crippen molar-refractivity contribution in [2.24, 2.45) is 5.92 Å². The van der Waals surface area contributed by atoms with E-state index in [1.54, 1.807) is 0 Å². The first-order valence-electron chi connectivity index (χ1n) is 8.85. The number of hydrogen-bond donors (Lipinski definition) is 1. The maximum absolute atomic E-state index is 12.1. The summed E-state index contributed by atoms with van der Waals surface area (Å²) in [6, 6.07) is 9.49. The molecule has 0 atom stereocenters. The van der Waals surface area contributed by atoms with E-state index in [0.29, 0.717) is 11.9 Å². The van der Waals surface area contributed by atoms with Crippen molar-refractivity contribution in [3.05, 3.63) is 35.4 Å². The lowest BCUT2D eigenvalue weighted by molar-refractivity contribution is -0.126. The molecule has 1 N–H and O–H groups in total. The Bertz CT molecular complexity index is 485. The van der Waals surface area contributed by atoms with Gasteiger partial charge in [-0.3, -0.25) is 4.79 Å². The summed E-state index contributed by atoms with van der Waals surface area (Å²) in [4.78, 5) is 14.6. The van der Waals surface area contributed by atoms with Crippen LogP contribution >= 0.6 is 0 Å². The van der Waals surface area contributed by atoms with Gasteiger partial charge in [-0.2, -0.15) is 0 Å². The summed E-state index contributed by atoms with van der Waals surface area (Å²) in [6.07, 6.45) is 6.63. The van der Waals surface area contributed by atoms with Gasteiger partial charge in [-0.15, -0.1) is 0 Å². The predicted molar refractivity (Wildman–Crippen MR) is 89.9 cm³/mol. The topological polar surface area (TPSA) is 32.3 Å². The molecular weight excluding hydrogens is 272 g/mol. The lowest BCUT2D eigenvalue weighted by Crippen LogP contribution is -2.41. The molecule has 1 aliphatic heterocycles. The third-order valence-corrected chi connectivity index (χ3v) is 5.03. The number of carbonyl (C=O) groups excluding carboxylic acids is 1. The van der Waals surface area contributed by atoms with Crippen molar-refractivity contribution in [1.82, 2.24) is 10.2 Å². The zero-order valence-corrected chi connectivity index (χ0v) is 13.7. The molecule has 1 aromatic carbocycles. The normalized spacial score (nSPS) is 20.0. The fourth-order valence-corrected chi connectivity index (χ4v) is 3.19. The first-order valence-corrected chi connectivity index (χ1v) is 8.85. The Labute approximate surface area is 134 Å². The van der Waals surface area contributed by atoms with E-state index in [1.165, 1.54) is 24.0 Å². The van der Waals surface area contributed by atoms with Crippen LogP contribution in [0.4, 0.5) is 0 Å². The fraction of sp³-hybridized carbons (Fsp3) is 0.632. The molecule has 0 radical (unpaired) electrons. The van der Waals surface area contributed by atoms with Crippen molar-refractivity contribution in [3.63, 3.8) is 0 Å². The van der Waals surface area contributed by atoms with Crippen LogP contribution in [0.5, 0.6) is 0 Å². The largest absolute Gasteiger partial charge is 0.353 e. The number of benzene rings is 1. The van der Waals surface area contributed by atoms with E-state index in [0.717, 1.165) is 45.3 Å². The van der Waals surface area contributed by atoms with Crippen molar-refractivity contribution in [3.8, 4) is 0 Å². The summed E-state index contributed by atoms with van der Waals surface area (Å²) in [7, 11) is 0. The number of hydrogen-bond acceptors (Lipinski definition) is 2. The van der Waals surface area contributed by atoms with Gasteiger partial charge in [0.15, 0.2) is 0 Å². The Morgan fingerprint density at radius 3 is 2.32 bits per heavy atom. The van der Waals surface area contributed by atoms with E-state index in [-0.39, 0.29) is 5.92 Å². The molecule has 1 heterocycles. The second-order valence-electron chi connectivity index (χ2n) is 6.82. The highest BCUT2D eigenvalue weighted by Crippen LogP contribution is 2.22. The zero-order chi connectivity index (χ0) is 15.4. The smallest absolute Gasteiger partial charge is 0.223 e. The van der Waals surface area contributed by atoms with E-state index >= 15 is 0 Å². The second-order valence-corrected chi connectivity index (χ2v) is 6.82. The lowest BCUT2D eigenvalue weighted by Gasteiger charge is -2.31. The highest BCUT2D eigenvalue weighted by molar-refractivity contribution is 5.79. The summed E-state index contributed by atoms with van der Waals surface area (Å²) < 4.78 is 0. The molecule has 22 heavy (non-hydrogen) atoms.